The van der Waals surface area contributed by atoms with Gasteiger partial charge in [-0.1, -0.05) is 12.1 Å². The summed E-state index contributed by atoms with van der Waals surface area (Å²) >= 11 is 0. The zero-order valence-electron chi connectivity index (χ0n) is 13.0. The number of hydrogen-bond donors (Lipinski definition) is 1. The van der Waals surface area contributed by atoms with E-state index < -0.39 is 5.60 Å². The SMILES string of the molecule is CC(C)(C)OC(=O)N1CCCc2cc(CCON)ccc21. The molecule has 2 rings (SSSR count). The van der Waals surface area contributed by atoms with Gasteiger partial charge in [-0.3, -0.25) is 4.90 Å². The van der Waals surface area contributed by atoms with Crippen molar-refractivity contribution in [3.63, 3.8) is 0 Å². The molecule has 0 aliphatic carbocycles. The van der Waals surface area contributed by atoms with Crippen molar-refractivity contribution in [1.29, 1.82) is 0 Å². The van der Waals surface area contributed by atoms with Gasteiger partial charge in [-0.2, -0.15) is 0 Å². The topological polar surface area (TPSA) is 64.8 Å². The number of carbonyl (C=O) groups excluding carboxylic acids is 1. The van der Waals surface area contributed by atoms with Crippen LogP contribution in [0.1, 0.15) is 38.3 Å². The lowest BCUT2D eigenvalue weighted by molar-refractivity contribution is 0.0578. The second-order valence-corrected chi connectivity index (χ2v) is 6.32. The molecule has 0 spiro atoms. The third kappa shape index (κ3) is 4.19. The molecule has 0 radical (unpaired) electrons. The molecule has 0 unspecified atom stereocenters. The number of aryl methyl sites for hydroxylation is 1. The third-order valence-corrected chi connectivity index (χ3v) is 3.39. The maximum absolute atomic E-state index is 12.3. The van der Waals surface area contributed by atoms with Crippen molar-refractivity contribution in [2.75, 3.05) is 18.1 Å². The van der Waals surface area contributed by atoms with Gasteiger partial charge in [-0.15, -0.1) is 0 Å². The molecule has 0 bridgehead atoms. The Morgan fingerprint density at radius 3 is 2.81 bits per heavy atom. The largest absolute Gasteiger partial charge is 0.443 e. The Morgan fingerprint density at radius 1 is 1.38 bits per heavy atom. The van der Waals surface area contributed by atoms with Crippen LogP contribution in [0.4, 0.5) is 10.5 Å². The first-order valence-electron chi connectivity index (χ1n) is 7.35. The highest BCUT2D eigenvalue weighted by Gasteiger charge is 2.27. The molecular weight excluding hydrogens is 268 g/mol. The molecule has 5 heteroatoms. The highest BCUT2D eigenvalue weighted by Crippen LogP contribution is 2.29. The summed E-state index contributed by atoms with van der Waals surface area (Å²) in [5.74, 6) is 5.07. The Labute approximate surface area is 126 Å². The van der Waals surface area contributed by atoms with Gasteiger partial charge in [0.25, 0.3) is 0 Å². The van der Waals surface area contributed by atoms with Gasteiger partial charge in [0.05, 0.1) is 12.3 Å². The summed E-state index contributed by atoms with van der Waals surface area (Å²) in [6, 6.07) is 6.13. The number of carbonyl (C=O) groups is 1. The van der Waals surface area contributed by atoms with Crippen molar-refractivity contribution in [2.24, 2.45) is 5.90 Å². The molecule has 1 heterocycles. The standard InChI is InChI=1S/C16H24N2O3/c1-16(2,3)21-15(19)18-9-4-5-13-11-12(8-10-20-17)6-7-14(13)18/h6-7,11H,4-5,8-10,17H2,1-3H3. The summed E-state index contributed by atoms with van der Waals surface area (Å²) in [6.07, 6.45) is 2.42. The number of benzene rings is 1. The molecular formula is C16H24N2O3. The number of ether oxygens (including phenoxy) is 1. The molecule has 2 N–H and O–H groups in total. The van der Waals surface area contributed by atoms with Crippen molar-refractivity contribution in [1.82, 2.24) is 0 Å². The van der Waals surface area contributed by atoms with Gasteiger partial charge in [0, 0.05) is 6.54 Å². The van der Waals surface area contributed by atoms with Gasteiger partial charge in [-0.25, -0.2) is 10.7 Å². The molecule has 116 valence electrons. The number of nitrogens with zero attached hydrogens (tertiary/aromatic N) is 1. The Balaban J connectivity index is 2.17. The van der Waals surface area contributed by atoms with E-state index in [-0.39, 0.29) is 6.09 Å². The average Bonchev–Trinajstić information content (AvgIpc) is 2.42. The smallest absolute Gasteiger partial charge is 0.414 e. The average molecular weight is 292 g/mol. The fraction of sp³-hybridized carbons (Fsp3) is 0.562. The molecule has 1 aromatic rings. The number of hydrogen-bond acceptors (Lipinski definition) is 4. The zero-order chi connectivity index (χ0) is 15.5. The summed E-state index contributed by atoms with van der Waals surface area (Å²) < 4.78 is 5.48. The number of rotatable bonds is 3. The number of amides is 1. The van der Waals surface area contributed by atoms with Crippen molar-refractivity contribution in [3.05, 3.63) is 29.3 Å². The third-order valence-electron chi connectivity index (χ3n) is 3.39. The molecule has 1 amide bonds. The van der Waals surface area contributed by atoms with Crippen molar-refractivity contribution < 1.29 is 14.4 Å². The highest BCUT2D eigenvalue weighted by atomic mass is 16.6. The normalized spacial score (nSPS) is 14.8. The quantitative estimate of drug-likeness (QED) is 0.870. The van der Waals surface area contributed by atoms with E-state index in [0.717, 1.165) is 24.9 Å². The molecule has 1 aliphatic heterocycles. The van der Waals surface area contributed by atoms with Crippen LogP contribution in [0.3, 0.4) is 0 Å². The van der Waals surface area contributed by atoms with E-state index in [1.165, 1.54) is 11.1 Å². The minimum absolute atomic E-state index is 0.276. The van der Waals surface area contributed by atoms with E-state index in [0.29, 0.717) is 13.2 Å². The lowest BCUT2D eigenvalue weighted by atomic mass is 9.98. The van der Waals surface area contributed by atoms with Gasteiger partial charge in [0.2, 0.25) is 0 Å². The Kier molecular flexibility index (Phi) is 4.85. The van der Waals surface area contributed by atoms with E-state index >= 15 is 0 Å². The molecule has 0 atom stereocenters. The van der Waals surface area contributed by atoms with Crippen LogP contribution in [0.25, 0.3) is 0 Å². The summed E-state index contributed by atoms with van der Waals surface area (Å²) in [7, 11) is 0. The van der Waals surface area contributed by atoms with Crippen LogP contribution in [0.2, 0.25) is 0 Å². The predicted octanol–water partition coefficient (Wildman–Crippen LogP) is 2.81. The van der Waals surface area contributed by atoms with Gasteiger partial charge in [-0.05, 0) is 57.2 Å². The number of fused-ring (bicyclic) bond motifs is 1. The van der Waals surface area contributed by atoms with Crippen LogP contribution in [-0.2, 0) is 22.4 Å². The predicted molar refractivity (Wildman–Crippen MR) is 82.2 cm³/mol. The second-order valence-electron chi connectivity index (χ2n) is 6.32. The fourth-order valence-corrected chi connectivity index (χ4v) is 2.49. The van der Waals surface area contributed by atoms with E-state index in [9.17, 15) is 4.79 Å². The van der Waals surface area contributed by atoms with Gasteiger partial charge < -0.3 is 9.57 Å². The van der Waals surface area contributed by atoms with Crippen LogP contribution in [0.5, 0.6) is 0 Å². The Morgan fingerprint density at radius 2 is 2.14 bits per heavy atom. The lowest BCUT2D eigenvalue weighted by Gasteiger charge is -2.32. The summed E-state index contributed by atoms with van der Waals surface area (Å²) in [5.41, 5.74) is 2.83. The van der Waals surface area contributed by atoms with Crippen molar-refractivity contribution in [3.8, 4) is 0 Å². The molecule has 0 aromatic heterocycles. The highest BCUT2D eigenvalue weighted by molar-refractivity contribution is 5.89. The van der Waals surface area contributed by atoms with Crippen LogP contribution < -0.4 is 10.8 Å². The molecule has 21 heavy (non-hydrogen) atoms. The summed E-state index contributed by atoms with van der Waals surface area (Å²) in [6.45, 7) is 6.84. The van der Waals surface area contributed by atoms with Gasteiger partial charge in [0.15, 0.2) is 0 Å². The first-order chi connectivity index (χ1) is 9.90. The van der Waals surface area contributed by atoms with Gasteiger partial charge >= 0.3 is 6.09 Å². The van der Waals surface area contributed by atoms with Crippen molar-refractivity contribution in [2.45, 2.75) is 45.6 Å². The Hall–Kier alpha value is -1.59. The lowest BCUT2D eigenvalue weighted by Crippen LogP contribution is -2.39. The number of anilines is 1. The summed E-state index contributed by atoms with van der Waals surface area (Å²) in [5, 5.41) is 0. The minimum Gasteiger partial charge on any atom is -0.443 e. The molecule has 1 aliphatic rings. The maximum atomic E-state index is 12.3. The van der Waals surface area contributed by atoms with E-state index in [1.807, 2.05) is 32.9 Å². The monoisotopic (exact) mass is 292 g/mol. The molecule has 0 fully saturated rings. The maximum Gasteiger partial charge on any atom is 0.414 e. The van der Waals surface area contributed by atoms with E-state index in [1.54, 1.807) is 4.90 Å². The first kappa shape index (κ1) is 15.8. The number of nitrogens with two attached hydrogens (primary N) is 1. The van der Waals surface area contributed by atoms with Crippen LogP contribution in [0.15, 0.2) is 18.2 Å². The first-order valence-corrected chi connectivity index (χ1v) is 7.35. The van der Waals surface area contributed by atoms with Gasteiger partial charge in [0.1, 0.15) is 5.60 Å². The Bertz CT molecular complexity index is 509. The van der Waals surface area contributed by atoms with E-state index in [4.69, 9.17) is 10.6 Å². The molecule has 0 saturated heterocycles. The van der Waals surface area contributed by atoms with Crippen molar-refractivity contribution >= 4 is 11.8 Å². The molecule has 0 saturated carbocycles. The van der Waals surface area contributed by atoms with Crippen LogP contribution >= 0.6 is 0 Å². The fourth-order valence-electron chi connectivity index (χ4n) is 2.49. The second kappa shape index (κ2) is 6.45. The van der Waals surface area contributed by atoms with E-state index in [2.05, 4.69) is 10.9 Å². The van der Waals surface area contributed by atoms with Crippen LogP contribution in [-0.4, -0.2) is 24.8 Å². The van der Waals surface area contributed by atoms with Crippen LogP contribution in [0, 0.1) is 0 Å². The molecule has 1 aromatic carbocycles. The molecule has 5 nitrogen and oxygen atoms in total. The summed E-state index contributed by atoms with van der Waals surface area (Å²) in [4.78, 5) is 18.6. The minimum atomic E-state index is -0.479. The zero-order valence-corrected chi connectivity index (χ0v) is 13.0.